The second-order valence-electron chi connectivity index (χ2n) is 2.07. The maximum Gasteiger partial charge on any atom is 0.435 e. The molecule has 0 saturated heterocycles. The molecule has 0 bridgehead atoms. The van der Waals surface area contributed by atoms with Crippen LogP contribution < -0.4 is 5.73 Å². The molecule has 6 heteroatoms. The lowest BCUT2D eigenvalue weighted by molar-refractivity contribution is -0.140. The fourth-order valence-electron chi connectivity index (χ4n) is 0.673. The first-order chi connectivity index (χ1) is 5.41. The zero-order valence-corrected chi connectivity index (χ0v) is 5.69. The highest BCUT2D eigenvalue weighted by Crippen LogP contribution is 2.31. The van der Waals surface area contributed by atoms with Crippen LogP contribution in [0.3, 0.4) is 0 Å². The van der Waals surface area contributed by atoms with E-state index in [-0.39, 0.29) is 0 Å². The van der Waals surface area contributed by atoms with E-state index in [0.29, 0.717) is 0 Å². The zero-order valence-electron chi connectivity index (χ0n) is 5.69. The summed E-state index contributed by atoms with van der Waals surface area (Å²) in [5.41, 5.74) is 2.96. The van der Waals surface area contributed by atoms with Gasteiger partial charge in [0.25, 0.3) is 0 Å². The van der Waals surface area contributed by atoms with Gasteiger partial charge in [0.15, 0.2) is 5.69 Å². The van der Waals surface area contributed by atoms with Gasteiger partial charge in [-0.1, -0.05) is 0 Å². The van der Waals surface area contributed by atoms with Gasteiger partial charge in [-0.25, -0.2) is 4.98 Å². The van der Waals surface area contributed by atoms with Crippen molar-refractivity contribution in [1.29, 1.82) is 0 Å². The molecular formula is C6H4F4N2. The summed E-state index contributed by atoms with van der Waals surface area (Å²) < 4.78 is 48.0. The Morgan fingerprint density at radius 3 is 2.25 bits per heavy atom. The van der Waals surface area contributed by atoms with Crippen molar-refractivity contribution in [2.75, 3.05) is 5.73 Å². The van der Waals surface area contributed by atoms with Crippen LogP contribution in [0.4, 0.5) is 23.2 Å². The quantitative estimate of drug-likeness (QED) is 0.488. The number of nitrogens with two attached hydrogens (primary N) is 1. The van der Waals surface area contributed by atoms with Gasteiger partial charge >= 0.3 is 6.18 Å². The number of aromatic nitrogens is 1. The van der Waals surface area contributed by atoms with E-state index in [1.807, 2.05) is 0 Å². The van der Waals surface area contributed by atoms with Gasteiger partial charge < -0.3 is 5.73 Å². The van der Waals surface area contributed by atoms with Crippen LogP contribution in [0.5, 0.6) is 0 Å². The van der Waals surface area contributed by atoms with E-state index in [2.05, 4.69) is 4.98 Å². The van der Waals surface area contributed by atoms with Crippen molar-refractivity contribution in [3.8, 4) is 0 Å². The Balaban J connectivity index is 3.23. The van der Waals surface area contributed by atoms with E-state index < -0.39 is 23.5 Å². The van der Waals surface area contributed by atoms with Gasteiger partial charge in [-0.3, -0.25) is 0 Å². The lowest BCUT2D eigenvalue weighted by Crippen LogP contribution is -2.12. The summed E-state index contributed by atoms with van der Waals surface area (Å²) in [6.45, 7) is 0. The van der Waals surface area contributed by atoms with E-state index in [4.69, 9.17) is 5.73 Å². The first-order valence-electron chi connectivity index (χ1n) is 2.90. The molecule has 1 aromatic rings. The summed E-state index contributed by atoms with van der Waals surface area (Å²) in [6, 6.07) is 1.59. The fraction of sp³-hybridized carbons (Fsp3) is 0.167. The molecule has 2 nitrogen and oxygen atoms in total. The predicted octanol–water partition coefficient (Wildman–Crippen LogP) is 1.82. The highest BCUT2D eigenvalue weighted by atomic mass is 19.4. The SMILES string of the molecule is Nc1ccc(F)nc1C(F)(F)F. The van der Waals surface area contributed by atoms with Crippen molar-refractivity contribution in [2.24, 2.45) is 0 Å². The van der Waals surface area contributed by atoms with Crippen LogP contribution in [0.1, 0.15) is 5.69 Å². The van der Waals surface area contributed by atoms with E-state index in [1.165, 1.54) is 0 Å². The molecule has 0 spiro atoms. The van der Waals surface area contributed by atoms with Crippen LogP contribution in [0, 0.1) is 5.95 Å². The molecule has 0 aliphatic heterocycles. The van der Waals surface area contributed by atoms with Crippen LogP contribution in [0.25, 0.3) is 0 Å². The van der Waals surface area contributed by atoms with Crippen molar-refractivity contribution in [1.82, 2.24) is 4.98 Å². The second-order valence-corrected chi connectivity index (χ2v) is 2.07. The highest BCUT2D eigenvalue weighted by Gasteiger charge is 2.35. The van der Waals surface area contributed by atoms with Gasteiger partial charge in [-0.15, -0.1) is 0 Å². The molecule has 0 aromatic carbocycles. The molecule has 0 radical (unpaired) electrons. The molecule has 2 N–H and O–H groups in total. The predicted molar refractivity (Wildman–Crippen MR) is 33.6 cm³/mol. The minimum atomic E-state index is -4.70. The maximum absolute atomic E-state index is 12.2. The first-order valence-corrected chi connectivity index (χ1v) is 2.90. The van der Waals surface area contributed by atoms with E-state index in [9.17, 15) is 17.6 Å². The second kappa shape index (κ2) is 2.62. The third kappa shape index (κ3) is 1.63. The summed E-state index contributed by atoms with van der Waals surface area (Å²) in [4.78, 5) is 2.63. The molecule has 0 aliphatic rings. The number of nitrogens with zero attached hydrogens (tertiary/aromatic N) is 1. The number of pyridine rings is 1. The van der Waals surface area contributed by atoms with Crippen LogP contribution in [0.15, 0.2) is 12.1 Å². The van der Waals surface area contributed by atoms with Gasteiger partial charge in [0, 0.05) is 0 Å². The molecule has 0 fully saturated rings. The van der Waals surface area contributed by atoms with Gasteiger partial charge in [0.05, 0.1) is 5.69 Å². The Bertz CT molecular complexity index is 294. The molecule has 66 valence electrons. The van der Waals surface area contributed by atoms with E-state index >= 15 is 0 Å². The lowest BCUT2D eigenvalue weighted by atomic mass is 10.3. The summed E-state index contributed by atoms with van der Waals surface area (Å²) in [5.74, 6) is -1.20. The Kier molecular flexibility index (Phi) is 1.91. The van der Waals surface area contributed by atoms with Crippen molar-refractivity contribution < 1.29 is 17.6 Å². The third-order valence-electron chi connectivity index (χ3n) is 1.16. The largest absolute Gasteiger partial charge is 0.435 e. The standard InChI is InChI=1S/C6H4F4N2/c7-4-2-1-3(11)5(12-4)6(8,9)10/h1-2H,11H2. The first kappa shape index (κ1) is 8.76. The number of halogens is 4. The number of nitrogen functional groups attached to an aromatic ring is 1. The topological polar surface area (TPSA) is 38.9 Å². The average Bonchev–Trinajstić information content (AvgIpc) is 1.92. The Morgan fingerprint density at radius 1 is 1.25 bits per heavy atom. The Labute approximate surface area is 65.0 Å². The number of rotatable bonds is 0. The van der Waals surface area contributed by atoms with Crippen LogP contribution in [0.2, 0.25) is 0 Å². The molecule has 1 rings (SSSR count). The van der Waals surface area contributed by atoms with Gasteiger partial charge in [-0.05, 0) is 12.1 Å². The minimum absolute atomic E-state index is 0.580. The van der Waals surface area contributed by atoms with Gasteiger partial charge in [-0.2, -0.15) is 17.6 Å². The number of alkyl halides is 3. The van der Waals surface area contributed by atoms with Crippen LogP contribution in [-0.2, 0) is 6.18 Å². The van der Waals surface area contributed by atoms with E-state index in [0.717, 1.165) is 12.1 Å². The molecule has 1 aromatic heterocycles. The summed E-state index contributed by atoms with van der Waals surface area (Å²) in [5, 5.41) is 0. The molecule has 1 heterocycles. The van der Waals surface area contributed by atoms with Gasteiger partial charge in [0.1, 0.15) is 0 Å². The Morgan fingerprint density at radius 2 is 1.83 bits per heavy atom. The van der Waals surface area contributed by atoms with Crippen molar-refractivity contribution >= 4 is 5.69 Å². The molecule has 12 heavy (non-hydrogen) atoms. The molecule has 0 atom stereocenters. The molecule has 0 saturated carbocycles. The fourth-order valence-corrected chi connectivity index (χ4v) is 0.673. The summed E-state index contributed by atoms with van der Waals surface area (Å²) >= 11 is 0. The lowest BCUT2D eigenvalue weighted by Gasteiger charge is -2.07. The van der Waals surface area contributed by atoms with Crippen LogP contribution >= 0.6 is 0 Å². The van der Waals surface area contributed by atoms with E-state index in [1.54, 1.807) is 0 Å². The number of hydrogen-bond acceptors (Lipinski definition) is 2. The smallest absolute Gasteiger partial charge is 0.397 e. The normalized spacial score (nSPS) is 11.7. The average molecular weight is 180 g/mol. The monoisotopic (exact) mass is 180 g/mol. The van der Waals surface area contributed by atoms with Crippen molar-refractivity contribution in [3.05, 3.63) is 23.8 Å². The minimum Gasteiger partial charge on any atom is -0.397 e. The van der Waals surface area contributed by atoms with Crippen molar-refractivity contribution in [2.45, 2.75) is 6.18 Å². The zero-order chi connectivity index (χ0) is 9.35. The molecule has 0 amide bonds. The number of hydrogen-bond donors (Lipinski definition) is 1. The molecule has 0 aliphatic carbocycles. The Hall–Kier alpha value is -1.33. The number of anilines is 1. The summed E-state index contributed by atoms with van der Waals surface area (Å²) in [6.07, 6.45) is -4.70. The van der Waals surface area contributed by atoms with Crippen molar-refractivity contribution in [3.63, 3.8) is 0 Å². The highest BCUT2D eigenvalue weighted by molar-refractivity contribution is 5.43. The van der Waals surface area contributed by atoms with Crippen LogP contribution in [-0.4, -0.2) is 4.98 Å². The maximum atomic E-state index is 12.2. The molecule has 0 unspecified atom stereocenters. The van der Waals surface area contributed by atoms with Gasteiger partial charge in [0.2, 0.25) is 5.95 Å². The third-order valence-corrected chi connectivity index (χ3v) is 1.16. The molecular weight excluding hydrogens is 176 g/mol. The summed E-state index contributed by atoms with van der Waals surface area (Å²) in [7, 11) is 0.